The maximum absolute atomic E-state index is 11.9. The number of carbonyl (C=O) groups excluding carboxylic acids is 2. The van der Waals surface area contributed by atoms with Crippen molar-refractivity contribution in [1.29, 1.82) is 0 Å². The third-order valence-electron chi connectivity index (χ3n) is 5.36. The van der Waals surface area contributed by atoms with Gasteiger partial charge in [0.05, 0.1) is 26.1 Å². The molecule has 0 radical (unpaired) electrons. The summed E-state index contributed by atoms with van der Waals surface area (Å²) in [5.41, 5.74) is 3.90. The minimum Gasteiger partial charge on any atom is -0.384 e. The van der Waals surface area contributed by atoms with Crippen molar-refractivity contribution in [1.82, 2.24) is 0 Å². The van der Waals surface area contributed by atoms with Gasteiger partial charge in [-0.25, -0.2) is 0 Å². The van der Waals surface area contributed by atoms with E-state index in [9.17, 15) is 9.59 Å². The first-order chi connectivity index (χ1) is 18.4. The Kier molecular flexibility index (Phi) is 12.4. The van der Waals surface area contributed by atoms with E-state index in [0.29, 0.717) is 26.1 Å². The van der Waals surface area contributed by atoms with E-state index in [1.165, 1.54) is 20.5 Å². The van der Waals surface area contributed by atoms with Crippen LogP contribution in [0.3, 0.4) is 0 Å². The molecular formula is C29H30Br2N2O4S. The van der Waals surface area contributed by atoms with Gasteiger partial charge in [0.15, 0.2) is 0 Å². The Morgan fingerprint density at radius 2 is 1.42 bits per heavy atom. The highest BCUT2D eigenvalue weighted by Gasteiger charge is 2.09. The maximum Gasteiger partial charge on any atom is 0.226 e. The van der Waals surface area contributed by atoms with Gasteiger partial charge in [-0.2, -0.15) is 0 Å². The van der Waals surface area contributed by atoms with Gasteiger partial charge >= 0.3 is 0 Å². The second kappa shape index (κ2) is 15.8. The molecule has 0 atom stereocenters. The zero-order chi connectivity index (χ0) is 27.3. The molecule has 2 N–H and O–H groups in total. The van der Waals surface area contributed by atoms with E-state index in [0.717, 1.165) is 26.7 Å². The van der Waals surface area contributed by atoms with Gasteiger partial charge in [0.2, 0.25) is 11.8 Å². The van der Waals surface area contributed by atoms with Crippen LogP contribution in [0.1, 0.15) is 17.7 Å². The monoisotopic (exact) mass is 660 g/mol. The number of carbonyl (C=O) groups is 2. The highest BCUT2D eigenvalue weighted by Crippen LogP contribution is 2.36. The molecule has 0 saturated heterocycles. The van der Waals surface area contributed by atoms with Crippen molar-refractivity contribution in [2.75, 3.05) is 38.1 Å². The molecule has 200 valence electrons. The molecule has 38 heavy (non-hydrogen) atoms. The highest BCUT2D eigenvalue weighted by atomic mass is 79.9. The molecule has 4 rings (SSSR count). The molecule has 3 aromatic carbocycles. The number of ether oxygens (including phenoxy) is 2. The summed E-state index contributed by atoms with van der Waals surface area (Å²) in [5, 5.41) is 7.81. The molecular weight excluding hydrogens is 632 g/mol. The standard InChI is InChI=1S/C19H18BrNO2S.C10H12BrNO2/c1-23-9-8-18(22)21-15-6-2-4-13(10-15)17-7-3-5-14-11-16(12-20)24-19(14)17;1-14-6-5-10(13)12-9-4-2-3-8(11)7-9/h2-7,10-11H,8-9,12H2,1H3,(H,21,22);2-4,7H,5-6H2,1H3,(H,12,13). The lowest BCUT2D eigenvalue weighted by molar-refractivity contribution is -0.117. The molecule has 0 bridgehead atoms. The number of hydrogen-bond donors (Lipinski definition) is 2. The van der Waals surface area contributed by atoms with Crippen molar-refractivity contribution in [3.63, 3.8) is 0 Å². The third kappa shape index (κ3) is 9.32. The van der Waals surface area contributed by atoms with Crippen LogP contribution in [0.4, 0.5) is 11.4 Å². The van der Waals surface area contributed by atoms with Gasteiger partial charge in [-0.3, -0.25) is 9.59 Å². The second-order valence-corrected chi connectivity index (χ2v) is 10.9. The van der Waals surface area contributed by atoms with Gasteiger partial charge in [-0.1, -0.05) is 68.3 Å². The van der Waals surface area contributed by atoms with Crippen LogP contribution in [0.5, 0.6) is 0 Å². The van der Waals surface area contributed by atoms with Gasteiger partial charge < -0.3 is 20.1 Å². The van der Waals surface area contributed by atoms with Gasteiger partial charge in [-0.15, -0.1) is 11.3 Å². The van der Waals surface area contributed by atoms with Crippen LogP contribution >= 0.6 is 43.2 Å². The zero-order valence-corrected chi connectivity index (χ0v) is 25.2. The summed E-state index contributed by atoms with van der Waals surface area (Å²) in [6.45, 7) is 0.870. The Morgan fingerprint density at radius 3 is 2.03 bits per heavy atom. The van der Waals surface area contributed by atoms with Crippen LogP contribution in [-0.2, 0) is 24.4 Å². The number of methoxy groups -OCH3 is 2. The van der Waals surface area contributed by atoms with E-state index in [4.69, 9.17) is 9.47 Å². The maximum atomic E-state index is 11.9. The molecule has 9 heteroatoms. The molecule has 0 aliphatic carbocycles. The van der Waals surface area contributed by atoms with Crippen LogP contribution in [0, 0.1) is 0 Å². The first kappa shape index (κ1) is 30.0. The zero-order valence-electron chi connectivity index (χ0n) is 21.3. The van der Waals surface area contributed by atoms with Crippen LogP contribution in [0.25, 0.3) is 21.2 Å². The molecule has 0 aliphatic rings. The minimum atomic E-state index is -0.0371. The van der Waals surface area contributed by atoms with Crippen molar-refractivity contribution in [2.45, 2.75) is 18.2 Å². The molecule has 0 spiro atoms. The van der Waals surface area contributed by atoms with Crippen molar-refractivity contribution < 1.29 is 19.1 Å². The second-order valence-electron chi connectivity index (χ2n) is 8.24. The van der Waals surface area contributed by atoms with Gasteiger partial charge in [0, 0.05) is 45.0 Å². The first-order valence-corrected chi connectivity index (χ1v) is 14.7. The Bertz CT molecular complexity index is 1360. The normalized spacial score (nSPS) is 10.5. The molecule has 4 aromatic rings. The lowest BCUT2D eigenvalue weighted by Gasteiger charge is -2.08. The number of thiophene rings is 1. The lowest BCUT2D eigenvalue weighted by atomic mass is 10.0. The highest BCUT2D eigenvalue weighted by molar-refractivity contribution is 9.10. The summed E-state index contributed by atoms with van der Waals surface area (Å²) in [6.07, 6.45) is 0.735. The van der Waals surface area contributed by atoms with Crippen LogP contribution in [0.15, 0.2) is 77.3 Å². The summed E-state index contributed by atoms with van der Waals surface area (Å²) in [6, 6.07) is 24.0. The fraction of sp³-hybridized carbons (Fsp3) is 0.241. The van der Waals surface area contributed by atoms with E-state index in [2.05, 4.69) is 72.8 Å². The van der Waals surface area contributed by atoms with E-state index >= 15 is 0 Å². The fourth-order valence-electron chi connectivity index (χ4n) is 3.58. The molecule has 2 amide bonds. The van der Waals surface area contributed by atoms with Gasteiger partial charge in [0.1, 0.15) is 0 Å². The molecule has 6 nitrogen and oxygen atoms in total. The number of amides is 2. The number of fused-ring (bicyclic) bond motifs is 1. The van der Waals surface area contributed by atoms with E-state index in [1.807, 2.05) is 42.5 Å². The first-order valence-electron chi connectivity index (χ1n) is 11.9. The Balaban J connectivity index is 0.000000244. The lowest BCUT2D eigenvalue weighted by Crippen LogP contribution is -2.13. The van der Waals surface area contributed by atoms with Crippen molar-refractivity contribution >= 4 is 76.5 Å². The van der Waals surface area contributed by atoms with E-state index < -0.39 is 0 Å². The number of halogens is 2. The summed E-state index contributed by atoms with van der Waals surface area (Å²) in [7, 11) is 3.17. The predicted octanol–water partition coefficient (Wildman–Crippen LogP) is 7.86. The molecule has 0 unspecified atom stereocenters. The third-order valence-corrected chi connectivity index (χ3v) is 8.01. The number of hydrogen-bond acceptors (Lipinski definition) is 5. The Labute approximate surface area is 244 Å². The SMILES string of the molecule is COCCC(=O)Nc1cccc(-c2cccc3cc(CBr)sc23)c1.COCCC(=O)Nc1cccc(Br)c1. The van der Waals surface area contributed by atoms with Crippen molar-refractivity contribution in [3.8, 4) is 11.1 Å². The summed E-state index contributed by atoms with van der Waals surface area (Å²) < 4.78 is 12.0. The molecule has 0 saturated carbocycles. The van der Waals surface area contributed by atoms with Crippen molar-refractivity contribution in [3.05, 3.63) is 82.1 Å². The number of alkyl halides is 1. The number of rotatable bonds is 10. The fourth-order valence-corrected chi connectivity index (χ4v) is 5.52. The number of nitrogens with one attached hydrogen (secondary N) is 2. The quantitative estimate of drug-likeness (QED) is 0.170. The smallest absolute Gasteiger partial charge is 0.226 e. The predicted molar refractivity (Wildman–Crippen MR) is 164 cm³/mol. The number of anilines is 2. The van der Waals surface area contributed by atoms with E-state index in [-0.39, 0.29) is 11.8 Å². The number of benzene rings is 3. The molecule has 0 fully saturated rings. The Hall–Kier alpha value is -2.56. The van der Waals surface area contributed by atoms with Crippen LogP contribution in [-0.4, -0.2) is 39.2 Å². The summed E-state index contributed by atoms with van der Waals surface area (Å²) in [4.78, 5) is 24.5. The van der Waals surface area contributed by atoms with Crippen molar-refractivity contribution in [2.24, 2.45) is 0 Å². The largest absolute Gasteiger partial charge is 0.384 e. The minimum absolute atomic E-state index is 0.0371. The molecule has 0 aliphatic heterocycles. The average molecular weight is 662 g/mol. The average Bonchev–Trinajstić information content (AvgIpc) is 3.35. The van der Waals surface area contributed by atoms with Crippen LogP contribution in [0.2, 0.25) is 0 Å². The van der Waals surface area contributed by atoms with Gasteiger partial charge in [-0.05, 0) is 52.9 Å². The Morgan fingerprint density at radius 1 is 0.816 bits per heavy atom. The topological polar surface area (TPSA) is 76.7 Å². The van der Waals surface area contributed by atoms with Crippen LogP contribution < -0.4 is 10.6 Å². The van der Waals surface area contributed by atoms with E-state index in [1.54, 1.807) is 25.6 Å². The molecule has 1 heterocycles. The van der Waals surface area contributed by atoms with Gasteiger partial charge in [0.25, 0.3) is 0 Å². The summed E-state index contributed by atoms with van der Waals surface area (Å²) in [5.74, 6) is -0.0742. The molecule has 1 aromatic heterocycles. The summed E-state index contributed by atoms with van der Waals surface area (Å²) >= 11 is 8.66.